The summed E-state index contributed by atoms with van der Waals surface area (Å²) in [5.74, 6) is 0.902. The first-order valence-corrected chi connectivity index (χ1v) is 11.2. The van der Waals surface area contributed by atoms with E-state index in [1.54, 1.807) is 7.11 Å². The van der Waals surface area contributed by atoms with E-state index < -0.39 is 0 Å². The van der Waals surface area contributed by atoms with Crippen molar-refractivity contribution < 1.29 is 14.3 Å². The van der Waals surface area contributed by atoms with Crippen LogP contribution in [0.2, 0.25) is 0 Å². The third-order valence-corrected chi connectivity index (χ3v) is 6.69. The Kier molecular flexibility index (Phi) is 6.04. The molecule has 0 saturated carbocycles. The van der Waals surface area contributed by atoms with Gasteiger partial charge in [0.1, 0.15) is 5.75 Å². The highest BCUT2D eigenvalue weighted by atomic mass is 32.2. The molecule has 1 saturated heterocycles. The van der Waals surface area contributed by atoms with E-state index in [0.29, 0.717) is 10.8 Å². The number of ether oxygens (including phenoxy) is 1. The summed E-state index contributed by atoms with van der Waals surface area (Å²) in [6.45, 7) is 13.7. The molecule has 2 aliphatic heterocycles. The summed E-state index contributed by atoms with van der Waals surface area (Å²) in [5, 5.41) is -0.211. The molecule has 1 unspecified atom stereocenters. The lowest BCUT2D eigenvalue weighted by Crippen LogP contribution is -2.48. The fraction of sp³-hybridized carbons (Fsp3) is 0.565. The average Bonchev–Trinajstić information content (AvgIpc) is 2.91. The van der Waals surface area contributed by atoms with Crippen molar-refractivity contribution in [3.05, 3.63) is 28.2 Å². The highest BCUT2D eigenvalue weighted by Gasteiger charge is 2.38. The fourth-order valence-electron chi connectivity index (χ4n) is 4.53. The second kappa shape index (κ2) is 8.05. The Morgan fingerprint density at radius 1 is 1.31 bits per heavy atom. The van der Waals surface area contributed by atoms with Crippen molar-refractivity contribution >= 4 is 34.7 Å². The van der Waals surface area contributed by atoms with Crippen molar-refractivity contribution in [3.8, 4) is 5.75 Å². The summed E-state index contributed by atoms with van der Waals surface area (Å²) in [6.07, 6.45) is 3.95. The largest absolute Gasteiger partial charge is 0.496 e. The van der Waals surface area contributed by atoms with Crippen LogP contribution in [-0.4, -0.2) is 41.3 Å². The van der Waals surface area contributed by atoms with Gasteiger partial charge in [-0.15, -0.1) is 0 Å². The van der Waals surface area contributed by atoms with Gasteiger partial charge in [0.05, 0.1) is 12.0 Å². The lowest BCUT2D eigenvalue weighted by Gasteiger charge is -2.47. The van der Waals surface area contributed by atoms with Crippen LogP contribution in [0.15, 0.2) is 17.0 Å². The van der Waals surface area contributed by atoms with E-state index in [2.05, 4.69) is 44.7 Å². The van der Waals surface area contributed by atoms with Gasteiger partial charge < -0.3 is 9.64 Å². The molecule has 1 atom stereocenters. The van der Waals surface area contributed by atoms with E-state index in [1.807, 2.05) is 19.9 Å². The molecular weight excluding hydrogens is 384 g/mol. The van der Waals surface area contributed by atoms with Crippen LogP contribution in [-0.2, 0) is 4.79 Å². The number of benzene rings is 1. The van der Waals surface area contributed by atoms with Crippen molar-refractivity contribution in [1.29, 1.82) is 0 Å². The van der Waals surface area contributed by atoms with Gasteiger partial charge >= 0.3 is 0 Å². The Balaban J connectivity index is 2.08. The van der Waals surface area contributed by atoms with Gasteiger partial charge in [0, 0.05) is 35.4 Å². The fourth-order valence-corrected chi connectivity index (χ4v) is 5.48. The molecular formula is C23H32N2O3S. The predicted octanol–water partition coefficient (Wildman–Crippen LogP) is 5.64. The summed E-state index contributed by atoms with van der Waals surface area (Å²) < 4.78 is 5.70. The maximum atomic E-state index is 12.7. The van der Waals surface area contributed by atoms with E-state index in [4.69, 9.17) is 4.74 Å². The molecule has 2 aliphatic rings. The van der Waals surface area contributed by atoms with Crippen LogP contribution in [0.4, 0.5) is 10.5 Å². The molecule has 0 radical (unpaired) electrons. The molecule has 158 valence electrons. The SMILES string of the molecule is CCCN1c2cc(OC)c(/C=C3/SC(=O)N(C(C)C)C3=O)cc2C(C)CC1(C)C. The number of carbonyl (C=O) groups excluding carboxylic acids is 2. The van der Waals surface area contributed by atoms with Gasteiger partial charge in [0.25, 0.3) is 11.1 Å². The third kappa shape index (κ3) is 3.91. The zero-order valence-electron chi connectivity index (χ0n) is 18.5. The van der Waals surface area contributed by atoms with Crippen molar-refractivity contribution in [3.63, 3.8) is 0 Å². The first-order chi connectivity index (χ1) is 13.6. The van der Waals surface area contributed by atoms with Gasteiger partial charge in [-0.2, -0.15) is 0 Å². The number of thioether (sulfide) groups is 1. The minimum atomic E-state index is -0.225. The number of hydrogen-bond acceptors (Lipinski definition) is 5. The molecule has 0 bridgehead atoms. The van der Waals surface area contributed by atoms with Gasteiger partial charge in [-0.25, -0.2) is 0 Å². The number of methoxy groups -OCH3 is 1. The molecule has 0 aliphatic carbocycles. The molecule has 29 heavy (non-hydrogen) atoms. The minimum Gasteiger partial charge on any atom is -0.496 e. The van der Waals surface area contributed by atoms with Crippen LogP contribution in [0.5, 0.6) is 5.75 Å². The van der Waals surface area contributed by atoms with Crippen LogP contribution < -0.4 is 9.64 Å². The standard InChI is InChI=1S/C23H32N2O3S/c1-8-9-24-18-12-19(28-7)16(10-17(18)15(4)13-23(24,5)6)11-20-21(26)25(14(2)3)22(27)29-20/h10-12,14-15H,8-9,13H2,1-7H3/b20-11+. The number of anilines is 1. The Bertz CT molecular complexity index is 860. The Morgan fingerprint density at radius 2 is 2.00 bits per heavy atom. The summed E-state index contributed by atoms with van der Waals surface area (Å²) >= 11 is 1.00. The number of fused-ring (bicyclic) bond motifs is 1. The molecule has 3 rings (SSSR count). The molecule has 2 heterocycles. The van der Waals surface area contributed by atoms with E-state index in [-0.39, 0.29) is 22.7 Å². The zero-order valence-corrected chi connectivity index (χ0v) is 19.4. The molecule has 1 aromatic carbocycles. The highest BCUT2D eigenvalue weighted by Crippen LogP contribution is 2.46. The van der Waals surface area contributed by atoms with E-state index in [0.717, 1.165) is 42.5 Å². The lowest BCUT2D eigenvalue weighted by molar-refractivity contribution is -0.123. The van der Waals surface area contributed by atoms with Gasteiger partial charge in [-0.3, -0.25) is 14.5 Å². The highest BCUT2D eigenvalue weighted by molar-refractivity contribution is 8.18. The maximum Gasteiger partial charge on any atom is 0.293 e. The number of rotatable bonds is 5. The van der Waals surface area contributed by atoms with Crippen LogP contribution >= 0.6 is 11.8 Å². The van der Waals surface area contributed by atoms with Crippen LogP contribution in [0.3, 0.4) is 0 Å². The van der Waals surface area contributed by atoms with Crippen LogP contribution in [0.25, 0.3) is 6.08 Å². The second-order valence-electron chi connectivity index (χ2n) is 8.87. The van der Waals surface area contributed by atoms with Crippen molar-refractivity contribution in [2.24, 2.45) is 0 Å². The monoisotopic (exact) mass is 416 g/mol. The first-order valence-electron chi connectivity index (χ1n) is 10.4. The normalized spacial score (nSPS) is 22.6. The van der Waals surface area contributed by atoms with Crippen molar-refractivity contribution in [2.75, 3.05) is 18.6 Å². The molecule has 6 heteroatoms. The molecule has 1 fully saturated rings. The molecule has 2 amide bonds. The van der Waals surface area contributed by atoms with Gasteiger partial charge in [-0.1, -0.05) is 13.8 Å². The summed E-state index contributed by atoms with van der Waals surface area (Å²) in [5.41, 5.74) is 3.41. The van der Waals surface area contributed by atoms with E-state index >= 15 is 0 Å². The molecule has 0 spiro atoms. The van der Waals surface area contributed by atoms with E-state index in [1.165, 1.54) is 16.2 Å². The summed E-state index contributed by atoms with van der Waals surface area (Å²) in [4.78, 5) is 29.2. The Hall–Kier alpha value is -1.95. The Morgan fingerprint density at radius 3 is 2.55 bits per heavy atom. The maximum absolute atomic E-state index is 12.7. The molecule has 0 N–H and O–H groups in total. The first kappa shape index (κ1) is 21.8. The number of hydrogen-bond donors (Lipinski definition) is 0. The minimum absolute atomic E-state index is 0.0782. The zero-order chi connectivity index (χ0) is 21.5. The predicted molar refractivity (Wildman–Crippen MR) is 121 cm³/mol. The van der Waals surface area contributed by atoms with Crippen LogP contribution in [0, 0.1) is 0 Å². The Labute approximate surface area is 178 Å². The average molecular weight is 417 g/mol. The van der Waals surface area contributed by atoms with Crippen LogP contribution in [0.1, 0.15) is 71.4 Å². The number of nitrogens with zero attached hydrogens (tertiary/aromatic N) is 2. The summed E-state index contributed by atoms with van der Waals surface area (Å²) in [7, 11) is 1.65. The number of amides is 2. The van der Waals surface area contributed by atoms with Gasteiger partial charge in [0.2, 0.25) is 0 Å². The van der Waals surface area contributed by atoms with Crippen molar-refractivity contribution in [2.45, 2.75) is 71.9 Å². The lowest BCUT2D eigenvalue weighted by atomic mass is 9.79. The second-order valence-corrected chi connectivity index (χ2v) is 9.86. The van der Waals surface area contributed by atoms with E-state index in [9.17, 15) is 9.59 Å². The topological polar surface area (TPSA) is 49.9 Å². The number of imide groups is 1. The molecule has 5 nitrogen and oxygen atoms in total. The number of carbonyl (C=O) groups is 2. The van der Waals surface area contributed by atoms with Crippen molar-refractivity contribution in [1.82, 2.24) is 4.90 Å². The third-order valence-electron chi connectivity index (χ3n) is 5.81. The quantitative estimate of drug-likeness (QED) is 0.581. The smallest absolute Gasteiger partial charge is 0.293 e. The summed E-state index contributed by atoms with van der Waals surface area (Å²) in [6, 6.07) is 4.09. The molecule has 1 aromatic rings. The molecule has 0 aromatic heterocycles. The van der Waals surface area contributed by atoms with Gasteiger partial charge in [-0.05, 0) is 75.9 Å². The van der Waals surface area contributed by atoms with Gasteiger partial charge in [0.15, 0.2) is 0 Å².